The molecule has 0 spiro atoms. The summed E-state index contributed by atoms with van der Waals surface area (Å²) in [6, 6.07) is 13.5. The minimum absolute atomic E-state index is 0.281. The number of rotatable bonds is 4. The summed E-state index contributed by atoms with van der Waals surface area (Å²) in [5.74, 6) is 6.00. The lowest BCUT2D eigenvalue weighted by Gasteiger charge is -2.17. The Balaban J connectivity index is 2.36. The molecule has 0 radical (unpaired) electrons. The van der Waals surface area contributed by atoms with E-state index in [0.717, 1.165) is 11.3 Å². The van der Waals surface area contributed by atoms with Crippen LogP contribution in [-0.2, 0) is 0 Å². The number of ether oxygens (including phenoxy) is 1. The number of halogens is 1. The van der Waals surface area contributed by atoms with Crippen LogP contribution in [-0.4, -0.2) is 7.11 Å². The van der Waals surface area contributed by atoms with Gasteiger partial charge in [0.25, 0.3) is 0 Å². The lowest BCUT2D eigenvalue weighted by molar-refractivity contribution is 0.414. The van der Waals surface area contributed by atoms with E-state index in [1.54, 1.807) is 25.3 Å². The first-order chi connectivity index (χ1) is 8.76. The van der Waals surface area contributed by atoms with Crippen LogP contribution in [0.15, 0.2) is 48.5 Å². The van der Waals surface area contributed by atoms with E-state index < -0.39 is 0 Å². The molecule has 0 amide bonds. The van der Waals surface area contributed by atoms with Gasteiger partial charge in [0.15, 0.2) is 0 Å². The Bertz CT molecular complexity index is 513. The molecule has 0 saturated carbocycles. The number of hydrazine groups is 1. The molecule has 0 aliphatic carbocycles. The largest absolute Gasteiger partial charge is 0.497 e. The molecule has 4 heteroatoms. The average molecular weight is 246 g/mol. The van der Waals surface area contributed by atoms with Gasteiger partial charge in [-0.05, 0) is 23.8 Å². The van der Waals surface area contributed by atoms with Crippen LogP contribution in [0.1, 0.15) is 17.2 Å². The van der Waals surface area contributed by atoms with Gasteiger partial charge in [0.1, 0.15) is 11.6 Å². The second-order valence-electron chi connectivity index (χ2n) is 3.89. The Morgan fingerprint density at radius 2 is 1.78 bits per heavy atom. The summed E-state index contributed by atoms with van der Waals surface area (Å²) in [5.41, 5.74) is 4.03. The Labute approximate surface area is 105 Å². The van der Waals surface area contributed by atoms with Crippen LogP contribution in [0.5, 0.6) is 5.75 Å². The molecule has 2 aromatic carbocycles. The summed E-state index contributed by atoms with van der Waals surface area (Å²) in [6.45, 7) is 0. The van der Waals surface area contributed by atoms with E-state index >= 15 is 0 Å². The van der Waals surface area contributed by atoms with Crippen LogP contribution < -0.4 is 16.0 Å². The molecule has 1 atom stereocenters. The van der Waals surface area contributed by atoms with Crippen molar-refractivity contribution >= 4 is 0 Å². The fraction of sp³-hybridized carbons (Fsp3) is 0.143. The van der Waals surface area contributed by atoms with Crippen LogP contribution in [0.4, 0.5) is 4.39 Å². The van der Waals surface area contributed by atoms with Crippen LogP contribution >= 0.6 is 0 Å². The SMILES string of the molecule is COc1ccc([C@@H](NN)c2ccccc2F)cc1. The molecular formula is C14H15FN2O. The highest BCUT2D eigenvalue weighted by Crippen LogP contribution is 2.25. The van der Waals surface area contributed by atoms with Gasteiger partial charge >= 0.3 is 0 Å². The van der Waals surface area contributed by atoms with Crippen LogP contribution in [0, 0.1) is 5.82 Å². The Morgan fingerprint density at radius 3 is 2.33 bits per heavy atom. The van der Waals surface area contributed by atoms with Gasteiger partial charge in [0, 0.05) is 5.56 Å². The van der Waals surface area contributed by atoms with Crippen LogP contribution in [0.25, 0.3) is 0 Å². The molecule has 18 heavy (non-hydrogen) atoms. The highest BCUT2D eigenvalue weighted by molar-refractivity contribution is 5.35. The number of benzene rings is 2. The van der Waals surface area contributed by atoms with Gasteiger partial charge in [-0.25, -0.2) is 9.82 Å². The first kappa shape index (κ1) is 12.5. The number of methoxy groups -OCH3 is 1. The van der Waals surface area contributed by atoms with Crippen molar-refractivity contribution in [3.8, 4) is 5.75 Å². The maximum absolute atomic E-state index is 13.7. The number of hydrogen-bond acceptors (Lipinski definition) is 3. The van der Waals surface area contributed by atoms with Gasteiger partial charge in [-0.3, -0.25) is 5.84 Å². The van der Waals surface area contributed by atoms with Gasteiger partial charge in [-0.2, -0.15) is 0 Å². The molecule has 0 saturated heterocycles. The van der Waals surface area contributed by atoms with Crippen molar-refractivity contribution in [3.63, 3.8) is 0 Å². The third-order valence-electron chi connectivity index (χ3n) is 2.83. The first-order valence-corrected chi connectivity index (χ1v) is 5.60. The molecule has 2 aromatic rings. The van der Waals surface area contributed by atoms with Crippen molar-refractivity contribution in [2.24, 2.45) is 5.84 Å². The molecular weight excluding hydrogens is 231 g/mol. The lowest BCUT2D eigenvalue weighted by Crippen LogP contribution is -2.29. The maximum Gasteiger partial charge on any atom is 0.128 e. The summed E-state index contributed by atoms with van der Waals surface area (Å²) in [7, 11) is 1.60. The molecule has 0 aliphatic rings. The first-order valence-electron chi connectivity index (χ1n) is 5.60. The molecule has 0 fully saturated rings. The molecule has 0 aliphatic heterocycles. The van der Waals surface area contributed by atoms with E-state index in [9.17, 15) is 4.39 Å². The van der Waals surface area contributed by atoms with Crippen molar-refractivity contribution in [2.75, 3.05) is 7.11 Å². The predicted octanol–water partition coefficient (Wildman–Crippen LogP) is 2.39. The van der Waals surface area contributed by atoms with Gasteiger partial charge in [0.05, 0.1) is 13.2 Å². The topological polar surface area (TPSA) is 47.3 Å². The fourth-order valence-corrected chi connectivity index (χ4v) is 1.87. The summed E-state index contributed by atoms with van der Waals surface area (Å²) < 4.78 is 18.8. The number of nitrogens with two attached hydrogens (primary N) is 1. The summed E-state index contributed by atoms with van der Waals surface area (Å²) in [5, 5.41) is 0. The van der Waals surface area contributed by atoms with Gasteiger partial charge in [-0.15, -0.1) is 0 Å². The molecule has 0 heterocycles. The van der Waals surface area contributed by atoms with Crippen LogP contribution in [0.2, 0.25) is 0 Å². The molecule has 0 unspecified atom stereocenters. The predicted molar refractivity (Wildman–Crippen MR) is 68.6 cm³/mol. The Morgan fingerprint density at radius 1 is 1.11 bits per heavy atom. The summed E-state index contributed by atoms with van der Waals surface area (Å²) in [6.07, 6.45) is 0. The van der Waals surface area contributed by atoms with Crippen molar-refractivity contribution in [1.82, 2.24) is 5.43 Å². The van der Waals surface area contributed by atoms with E-state index in [1.807, 2.05) is 24.3 Å². The second kappa shape index (κ2) is 5.62. The van der Waals surface area contributed by atoms with Crippen molar-refractivity contribution in [1.29, 1.82) is 0 Å². The lowest BCUT2D eigenvalue weighted by atomic mass is 9.99. The monoisotopic (exact) mass is 246 g/mol. The van der Waals surface area contributed by atoms with E-state index in [2.05, 4.69) is 5.43 Å². The standard InChI is InChI=1S/C14H15FN2O/c1-18-11-8-6-10(7-9-11)14(17-16)12-4-2-3-5-13(12)15/h2-9,14,17H,16H2,1H3/t14-/m1/s1. The summed E-state index contributed by atoms with van der Waals surface area (Å²) in [4.78, 5) is 0. The number of hydrogen-bond donors (Lipinski definition) is 2. The number of nitrogens with one attached hydrogen (secondary N) is 1. The van der Waals surface area contributed by atoms with Gasteiger partial charge < -0.3 is 4.74 Å². The van der Waals surface area contributed by atoms with Crippen LogP contribution in [0.3, 0.4) is 0 Å². The van der Waals surface area contributed by atoms with Gasteiger partial charge in [0.2, 0.25) is 0 Å². The summed E-state index contributed by atoms with van der Waals surface area (Å²) >= 11 is 0. The smallest absolute Gasteiger partial charge is 0.128 e. The average Bonchev–Trinajstić information content (AvgIpc) is 2.42. The zero-order valence-corrected chi connectivity index (χ0v) is 10.1. The quantitative estimate of drug-likeness (QED) is 0.643. The second-order valence-corrected chi connectivity index (χ2v) is 3.89. The third kappa shape index (κ3) is 2.50. The molecule has 3 N–H and O–H groups in total. The molecule has 94 valence electrons. The minimum atomic E-state index is -0.378. The highest BCUT2D eigenvalue weighted by Gasteiger charge is 2.15. The molecule has 0 aromatic heterocycles. The van der Waals surface area contributed by atoms with E-state index in [0.29, 0.717) is 5.56 Å². The van der Waals surface area contributed by atoms with Gasteiger partial charge in [-0.1, -0.05) is 30.3 Å². The maximum atomic E-state index is 13.7. The van der Waals surface area contributed by atoms with Crippen molar-refractivity contribution in [2.45, 2.75) is 6.04 Å². The minimum Gasteiger partial charge on any atom is -0.497 e. The van der Waals surface area contributed by atoms with E-state index in [-0.39, 0.29) is 11.9 Å². The van der Waals surface area contributed by atoms with Crippen molar-refractivity contribution < 1.29 is 9.13 Å². The Hall–Kier alpha value is -1.91. The van der Waals surface area contributed by atoms with Crippen molar-refractivity contribution in [3.05, 3.63) is 65.5 Å². The Kier molecular flexibility index (Phi) is 3.92. The van der Waals surface area contributed by atoms with E-state index in [1.165, 1.54) is 6.07 Å². The highest BCUT2D eigenvalue weighted by atomic mass is 19.1. The molecule has 0 bridgehead atoms. The third-order valence-corrected chi connectivity index (χ3v) is 2.83. The zero-order chi connectivity index (χ0) is 13.0. The molecule has 2 rings (SSSR count). The normalized spacial score (nSPS) is 12.2. The van der Waals surface area contributed by atoms with E-state index in [4.69, 9.17) is 10.6 Å². The molecule has 3 nitrogen and oxygen atoms in total. The fourth-order valence-electron chi connectivity index (χ4n) is 1.87. The zero-order valence-electron chi connectivity index (χ0n) is 10.1.